The predicted octanol–water partition coefficient (Wildman–Crippen LogP) is 1.65. The third kappa shape index (κ3) is 5.62. The fourth-order valence-corrected chi connectivity index (χ4v) is 4.27. The lowest BCUT2D eigenvalue weighted by Gasteiger charge is -2.31. The molecule has 1 fully saturated rings. The summed E-state index contributed by atoms with van der Waals surface area (Å²) in [6.45, 7) is 7.23. The van der Waals surface area contributed by atoms with E-state index in [1.54, 1.807) is 0 Å². The van der Waals surface area contributed by atoms with Crippen molar-refractivity contribution < 1.29 is 21.6 Å². The van der Waals surface area contributed by atoms with Crippen molar-refractivity contribution >= 4 is 16.0 Å². The normalized spacial score (nSPS) is 17.6. The maximum Gasteiger partial charge on any atom is 0.511 e. The summed E-state index contributed by atoms with van der Waals surface area (Å²) in [7, 11) is -3.36. The van der Waals surface area contributed by atoms with Crippen LogP contribution in [0.25, 0.3) is 0 Å². The number of nitrogens with one attached hydrogen (secondary N) is 2. The van der Waals surface area contributed by atoms with Crippen molar-refractivity contribution in [2.75, 3.05) is 26.2 Å². The van der Waals surface area contributed by atoms with Crippen molar-refractivity contribution in [2.45, 2.75) is 45.7 Å². The Hall–Kier alpha value is -1.82. The molecule has 0 unspecified atom stereocenters. The van der Waals surface area contributed by atoms with Crippen LogP contribution in [0.4, 0.5) is 13.2 Å². The molecule has 2 heterocycles. The summed E-state index contributed by atoms with van der Waals surface area (Å²) >= 11 is 0. The zero-order valence-corrected chi connectivity index (χ0v) is 18.0. The number of aromatic nitrogens is 2. The Kier molecular flexibility index (Phi) is 7.55. The molecule has 1 aromatic heterocycles. The van der Waals surface area contributed by atoms with Crippen LogP contribution in [0.5, 0.6) is 0 Å². The molecule has 166 valence electrons. The summed E-state index contributed by atoms with van der Waals surface area (Å²) < 4.78 is 63.3. The summed E-state index contributed by atoms with van der Waals surface area (Å²) in [6.07, 6.45) is 0.727. The number of nitrogens with zero attached hydrogens (tertiary/aromatic N) is 4. The Bertz CT molecular complexity index is 827. The van der Waals surface area contributed by atoms with Crippen molar-refractivity contribution in [3.63, 3.8) is 0 Å². The molecule has 0 bridgehead atoms. The van der Waals surface area contributed by atoms with Crippen LogP contribution in [-0.2, 0) is 23.6 Å². The highest BCUT2D eigenvalue weighted by Crippen LogP contribution is 2.30. The number of guanidine groups is 1. The molecule has 0 spiro atoms. The molecule has 12 heteroatoms. The van der Waals surface area contributed by atoms with E-state index in [-0.39, 0.29) is 19.0 Å². The first-order valence-electron chi connectivity index (χ1n) is 9.55. The molecule has 0 aromatic carbocycles. The number of aliphatic imine (C=N–C) groups is 1. The molecule has 1 aliphatic rings. The van der Waals surface area contributed by atoms with Crippen molar-refractivity contribution in [3.8, 4) is 0 Å². The first kappa shape index (κ1) is 23.5. The number of sulfonamides is 1. The molecular formula is C17H29F3N6O2S. The summed E-state index contributed by atoms with van der Waals surface area (Å²) in [6, 6.07) is 0. The third-order valence-corrected chi connectivity index (χ3v) is 6.79. The van der Waals surface area contributed by atoms with Crippen LogP contribution in [0.1, 0.15) is 36.7 Å². The van der Waals surface area contributed by atoms with E-state index in [1.807, 2.05) is 32.5 Å². The van der Waals surface area contributed by atoms with Gasteiger partial charge in [0, 0.05) is 44.5 Å². The standard InChI is InChI=1S/C17H29F3N6O2S/c1-5-21-16(23-11-15-12(2)24-25(4)13(15)3)22-10-14-6-8-26(9-7-14)29(27,28)17(18,19)20/h14H,5-11H2,1-4H3,(H2,21,22,23). The lowest BCUT2D eigenvalue weighted by atomic mass is 9.98. The maximum absolute atomic E-state index is 12.7. The van der Waals surface area contributed by atoms with E-state index >= 15 is 0 Å². The van der Waals surface area contributed by atoms with E-state index in [1.165, 1.54) is 0 Å². The molecular weight excluding hydrogens is 409 g/mol. The van der Waals surface area contributed by atoms with Gasteiger partial charge in [-0.25, -0.2) is 13.4 Å². The quantitative estimate of drug-likeness (QED) is 0.521. The molecule has 0 aliphatic carbocycles. The Morgan fingerprint density at radius 1 is 1.24 bits per heavy atom. The van der Waals surface area contributed by atoms with Gasteiger partial charge in [-0.15, -0.1) is 0 Å². The van der Waals surface area contributed by atoms with Gasteiger partial charge in [-0.05, 0) is 39.5 Å². The molecule has 8 nitrogen and oxygen atoms in total. The second-order valence-electron chi connectivity index (χ2n) is 7.14. The minimum atomic E-state index is -5.24. The molecule has 1 aromatic rings. The average Bonchev–Trinajstić information content (AvgIpc) is 2.89. The van der Waals surface area contributed by atoms with Crippen LogP contribution < -0.4 is 10.6 Å². The fourth-order valence-electron chi connectivity index (χ4n) is 3.29. The van der Waals surface area contributed by atoms with E-state index in [4.69, 9.17) is 0 Å². The average molecular weight is 439 g/mol. The smallest absolute Gasteiger partial charge is 0.357 e. The van der Waals surface area contributed by atoms with Crippen LogP contribution in [0, 0.1) is 19.8 Å². The molecule has 0 atom stereocenters. The highest BCUT2D eigenvalue weighted by molar-refractivity contribution is 7.90. The third-order valence-electron chi connectivity index (χ3n) is 5.16. The summed E-state index contributed by atoms with van der Waals surface area (Å²) in [5, 5.41) is 10.7. The minimum absolute atomic E-state index is 0.0698. The zero-order chi connectivity index (χ0) is 21.8. The lowest BCUT2D eigenvalue weighted by Crippen LogP contribution is -2.47. The van der Waals surface area contributed by atoms with E-state index in [9.17, 15) is 21.6 Å². The van der Waals surface area contributed by atoms with Crippen molar-refractivity contribution in [1.82, 2.24) is 24.7 Å². The molecule has 1 saturated heterocycles. The number of alkyl halides is 3. The summed E-state index contributed by atoms with van der Waals surface area (Å²) in [4.78, 5) is 4.58. The molecule has 2 N–H and O–H groups in total. The van der Waals surface area contributed by atoms with Gasteiger partial charge in [0.25, 0.3) is 0 Å². The minimum Gasteiger partial charge on any atom is -0.357 e. The number of rotatable bonds is 6. The van der Waals surface area contributed by atoms with Crippen LogP contribution in [0.15, 0.2) is 4.99 Å². The second kappa shape index (κ2) is 9.33. The Morgan fingerprint density at radius 3 is 2.34 bits per heavy atom. The Balaban J connectivity index is 1.91. The number of halogens is 3. The lowest BCUT2D eigenvalue weighted by molar-refractivity contribution is -0.0496. The molecule has 1 aliphatic heterocycles. The van der Waals surface area contributed by atoms with E-state index in [0.29, 0.717) is 42.7 Å². The predicted molar refractivity (Wildman–Crippen MR) is 105 cm³/mol. The monoisotopic (exact) mass is 438 g/mol. The van der Waals surface area contributed by atoms with E-state index in [2.05, 4.69) is 20.7 Å². The largest absolute Gasteiger partial charge is 0.511 e. The second-order valence-corrected chi connectivity index (χ2v) is 9.07. The van der Waals surface area contributed by atoms with Crippen LogP contribution in [0.3, 0.4) is 0 Å². The number of hydrogen-bond donors (Lipinski definition) is 2. The fraction of sp³-hybridized carbons (Fsp3) is 0.765. The van der Waals surface area contributed by atoms with Gasteiger partial charge in [0.05, 0.1) is 12.2 Å². The van der Waals surface area contributed by atoms with E-state index < -0.39 is 15.5 Å². The maximum atomic E-state index is 12.7. The highest BCUT2D eigenvalue weighted by Gasteiger charge is 2.50. The van der Waals surface area contributed by atoms with Crippen LogP contribution in [-0.4, -0.2) is 60.2 Å². The van der Waals surface area contributed by atoms with Gasteiger partial charge in [0.1, 0.15) is 0 Å². The van der Waals surface area contributed by atoms with E-state index in [0.717, 1.165) is 17.0 Å². The Labute approximate surface area is 169 Å². The molecule has 0 radical (unpaired) electrons. The Morgan fingerprint density at radius 2 is 1.86 bits per heavy atom. The first-order valence-corrected chi connectivity index (χ1v) is 11.0. The number of hydrogen-bond acceptors (Lipinski definition) is 4. The van der Waals surface area contributed by atoms with Crippen molar-refractivity contribution in [1.29, 1.82) is 0 Å². The van der Waals surface area contributed by atoms with Gasteiger partial charge in [-0.1, -0.05) is 0 Å². The number of aryl methyl sites for hydroxylation is 2. The van der Waals surface area contributed by atoms with Gasteiger partial charge in [-0.2, -0.15) is 22.6 Å². The van der Waals surface area contributed by atoms with Crippen LogP contribution in [0.2, 0.25) is 0 Å². The van der Waals surface area contributed by atoms with Gasteiger partial charge in [-0.3, -0.25) is 4.68 Å². The topological polar surface area (TPSA) is 91.6 Å². The molecule has 29 heavy (non-hydrogen) atoms. The summed E-state index contributed by atoms with van der Waals surface area (Å²) in [5.41, 5.74) is -2.23. The molecule has 2 rings (SSSR count). The first-order chi connectivity index (χ1) is 13.5. The highest BCUT2D eigenvalue weighted by atomic mass is 32.2. The molecule has 0 saturated carbocycles. The van der Waals surface area contributed by atoms with Gasteiger partial charge in [0.2, 0.25) is 0 Å². The summed E-state index contributed by atoms with van der Waals surface area (Å²) in [5.74, 6) is 0.681. The van der Waals surface area contributed by atoms with Crippen LogP contribution >= 0.6 is 0 Å². The van der Waals surface area contributed by atoms with Crippen molar-refractivity contribution in [3.05, 3.63) is 17.0 Å². The van der Waals surface area contributed by atoms with Gasteiger partial charge in [0.15, 0.2) is 5.96 Å². The molecule has 0 amide bonds. The zero-order valence-electron chi connectivity index (χ0n) is 17.2. The van der Waals surface area contributed by atoms with Gasteiger partial charge >= 0.3 is 15.5 Å². The SMILES string of the molecule is CCNC(=NCc1c(C)nn(C)c1C)NCC1CCN(S(=O)(=O)C(F)(F)F)CC1. The number of piperidine rings is 1. The van der Waals surface area contributed by atoms with Crippen molar-refractivity contribution in [2.24, 2.45) is 18.0 Å². The van der Waals surface area contributed by atoms with Gasteiger partial charge < -0.3 is 10.6 Å².